The van der Waals surface area contributed by atoms with Crippen molar-refractivity contribution in [2.45, 2.75) is 96.8 Å². The standard InChI is InChI=1S/C19H42N.C2H7NO.BrH/c1-5-6-7-8-9-10-11-12-13-14-15-16-17-18-19-20(2,3)4;3-1-2-4;/h5-19H2,1-4H3;4H,1-3H2;1H/q+1;;/p-1. The Morgan fingerprint density at radius 2 is 0.920 bits per heavy atom. The van der Waals surface area contributed by atoms with E-state index in [0.29, 0.717) is 6.54 Å². The molecule has 3 nitrogen and oxygen atoms in total. The number of aliphatic hydroxyl groups excluding tert-OH is 1. The van der Waals surface area contributed by atoms with Gasteiger partial charge >= 0.3 is 0 Å². The summed E-state index contributed by atoms with van der Waals surface area (Å²) in [6, 6.07) is 0. The Kier molecular flexibility index (Phi) is 29.3. The van der Waals surface area contributed by atoms with Crippen molar-refractivity contribution >= 4 is 0 Å². The molecular weight excluding hydrogens is 376 g/mol. The third-order valence-corrected chi connectivity index (χ3v) is 4.31. The zero-order valence-electron chi connectivity index (χ0n) is 17.9. The van der Waals surface area contributed by atoms with Gasteiger partial charge in [0.05, 0.1) is 34.3 Å². The van der Waals surface area contributed by atoms with Crippen molar-refractivity contribution in [3.8, 4) is 0 Å². The lowest BCUT2D eigenvalue weighted by Gasteiger charge is -2.23. The predicted molar refractivity (Wildman–Crippen MR) is 109 cm³/mol. The van der Waals surface area contributed by atoms with Crippen LogP contribution in [0, 0.1) is 0 Å². The van der Waals surface area contributed by atoms with Crippen LogP contribution >= 0.6 is 0 Å². The maximum absolute atomic E-state index is 7.75. The van der Waals surface area contributed by atoms with E-state index in [1.807, 2.05) is 0 Å². The third kappa shape index (κ3) is 36.1. The number of rotatable bonds is 16. The quantitative estimate of drug-likeness (QED) is 0.294. The van der Waals surface area contributed by atoms with Crippen LogP contribution in [0.25, 0.3) is 0 Å². The summed E-state index contributed by atoms with van der Waals surface area (Å²) in [5.41, 5.74) is 4.78. The topological polar surface area (TPSA) is 46.2 Å². The number of hydrogen-bond acceptors (Lipinski definition) is 2. The van der Waals surface area contributed by atoms with Crippen LogP contribution in [0.1, 0.15) is 96.8 Å². The molecule has 0 heterocycles. The molecule has 0 aromatic carbocycles. The maximum Gasteiger partial charge on any atom is 0.0780 e. The van der Waals surface area contributed by atoms with E-state index in [1.54, 1.807) is 0 Å². The normalized spacial score (nSPS) is 10.8. The molecular formula is C21H49BrN2O. The number of nitrogens with two attached hydrogens (primary N) is 1. The van der Waals surface area contributed by atoms with Crippen LogP contribution in [0.4, 0.5) is 0 Å². The lowest BCUT2D eigenvalue weighted by Crippen LogP contribution is -3.00. The Morgan fingerprint density at radius 3 is 1.16 bits per heavy atom. The second-order valence-electron chi connectivity index (χ2n) is 8.12. The van der Waals surface area contributed by atoms with Gasteiger partial charge in [0, 0.05) is 6.54 Å². The zero-order chi connectivity index (χ0) is 18.5. The fourth-order valence-electron chi connectivity index (χ4n) is 2.78. The molecule has 0 radical (unpaired) electrons. The second kappa shape index (κ2) is 24.4. The number of quaternary nitrogens is 1. The van der Waals surface area contributed by atoms with Crippen molar-refractivity contribution in [2.75, 3.05) is 40.8 Å². The highest BCUT2D eigenvalue weighted by Crippen LogP contribution is 2.13. The Bertz CT molecular complexity index is 218. The molecule has 0 rings (SSSR count). The Labute approximate surface area is 170 Å². The maximum atomic E-state index is 7.75. The van der Waals surface area contributed by atoms with E-state index in [1.165, 1.54) is 96.4 Å². The summed E-state index contributed by atoms with van der Waals surface area (Å²) in [5.74, 6) is 0. The number of nitrogens with zero attached hydrogens (tertiary/aromatic N) is 1. The summed E-state index contributed by atoms with van der Waals surface area (Å²) in [6.07, 6.45) is 20.4. The van der Waals surface area contributed by atoms with Gasteiger partial charge < -0.3 is 32.3 Å². The molecule has 0 amide bonds. The number of halogens is 1. The zero-order valence-corrected chi connectivity index (χ0v) is 19.5. The van der Waals surface area contributed by atoms with E-state index in [-0.39, 0.29) is 23.6 Å². The Hall–Kier alpha value is 0.360. The van der Waals surface area contributed by atoms with E-state index in [2.05, 4.69) is 28.1 Å². The van der Waals surface area contributed by atoms with Gasteiger partial charge in [0.15, 0.2) is 0 Å². The van der Waals surface area contributed by atoms with Crippen molar-refractivity contribution < 1.29 is 26.6 Å². The second-order valence-corrected chi connectivity index (χ2v) is 8.12. The van der Waals surface area contributed by atoms with Crippen LogP contribution in [0.3, 0.4) is 0 Å². The summed E-state index contributed by atoms with van der Waals surface area (Å²) in [6.45, 7) is 4.10. The van der Waals surface area contributed by atoms with E-state index < -0.39 is 0 Å². The van der Waals surface area contributed by atoms with Gasteiger partial charge in [-0.2, -0.15) is 0 Å². The van der Waals surface area contributed by atoms with Gasteiger partial charge in [0.1, 0.15) is 0 Å². The van der Waals surface area contributed by atoms with Gasteiger partial charge in [-0.25, -0.2) is 0 Å². The van der Waals surface area contributed by atoms with E-state index >= 15 is 0 Å². The number of hydrogen-bond donors (Lipinski definition) is 2. The molecule has 3 N–H and O–H groups in total. The number of aliphatic hydroxyl groups is 1. The lowest BCUT2D eigenvalue weighted by atomic mass is 10.0. The average Bonchev–Trinajstić information content (AvgIpc) is 2.54. The van der Waals surface area contributed by atoms with E-state index in [0.717, 1.165) is 4.48 Å². The van der Waals surface area contributed by atoms with Crippen molar-refractivity contribution in [1.82, 2.24) is 0 Å². The molecule has 0 aliphatic rings. The van der Waals surface area contributed by atoms with Gasteiger partial charge in [0.2, 0.25) is 0 Å². The SMILES string of the molecule is CCCCCCCCCCCCCCCC[N+](C)(C)C.NCCO.[Br-]. The van der Waals surface area contributed by atoms with Crippen LogP contribution in [-0.4, -0.2) is 50.4 Å². The van der Waals surface area contributed by atoms with Crippen LogP contribution in [0.5, 0.6) is 0 Å². The summed E-state index contributed by atoms with van der Waals surface area (Å²) in [7, 11) is 6.88. The van der Waals surface area contributed by atoms with Crippen molar-refractivity contribution in [2.24, 2.45) is 5.73 Å². The van der Waals surface area contributed by atoms with Gasteiger partial charge in [-0.05, 0) is 12.8 Å². The van der Waals surface area contributed by atoms with Crippen LogP contribution in [-0.2, 0) is 0 Å². The van der Waals surface area contributed by atoms with Gasteiger partial charge in [-0.3, -0.25) is 0 Å². The molecule has 0 aromatic rings. The first-order valence-corrected chi connectivity index (χ1v) is 10.6. The van der Waals surface area contributed by atoms with E-state index in [9.17, 15) is 0 Å². The first kappa shape index (κ1) is 30.1. The molecule has 0 unspecified atom stereocenters. The average molecular weight is 426 g/mol. The van der Waals surface area contributed by atoms with Crippen molar-refractivity contribution in [1.29, 1.82) is 0 Å². The first-order valence-electron chi connectivity index (χ1n) is 10.6. The van der Waals surface area contributed by atoms with Gasteiger partial charge in [-0.1, -0.05) is 84.0 Å². The van der Waals surface area contributed by atoms with Crippen LogP contribution < -0.4 is 22.7 Å². The minimum absolute atomic E-state index is 0. The van der Waals surface area contributed by atoms with Crippen molar-refractivity contribution in [3.63, 3.8) is 0 Å². The Morgan fingerprint density at radius 1 is 0.640 bits per heavy atom. The molecule has 4 heteroatoms. The highest BCUT2D eigenvalue weighted by Gasteiger charge is 2.04. The molecule has 0 bridgehead atoms. The molecule has 0 saturated carbocycles. The minimum Gasteiger partial charge on any atom is -1.00 e. The summed E-state index contributed by atoms with van der Waals surface area (Å²) >= 11 is 0. The largest absolute Gasteiger partial charge is 1.00 e. The smallest absolute Gasteiger partial charge is 0.0780 e. The molecule has 0 saturated heterocycles. The third-order valence-electron chi connectivity index (χ3n) is 4.31. The molecule has 0 atom stereocenters. The minimum atomic E-state index is 0. The highest BCUT2D eigenvalue weighted by molar-refractivity contribution is 4.49. The Balaban J connectivity index is -0.000000867. The summed E-state index contributed by atoms with van der Waals surface area (Å²) in [4.78, 5) is 0. The van der Waals surface area contributed by atoms with Gasteiger partial charge in [0.25, 0.3) is 0 Å². The van der Waals surface area contributed by atoms with Crippen molar-refractivity contribution in [3.05, 3.63) is 0 Å². The molecule has 0 aliphatic carbocycles. The van der Waals surface area contributed by atoms with Gasteiger partial charge in [-0.15, -0.1) is 0 Å². The van der Waals surface area contributed by atoms with Crippen LogP contribution in [0.15, 0.2) is 0 Å². The number of unbranched alkanes of at least 4 members (excludes halogenated alkanes) is 13. The molecule has 0 spiro atoms. The monoisotopic (exact) mass is 424 g/mol. The predicted octanol–water partition coefficient (Wildman–Crippen LogP) is 2.12. The molecule has 0 aliphatic heterocycles. The van der Waals surface area contributed by atoms with Crippen LogP contribution in [0.2, 0.25) is 0 Å². The fraction of sp³-hybridized carbons (Fsp3) is 1.00. The first-order chi connectivity index (χ1) is 11.5. The highest BCUT2D eigenvalue weighted by atomic mass is 79.9. The fourth-order valence-corrected chi connectivity index (χ4v) is 2.78. The molecule has 0 aromatic heterocycles. The van der Waals surface area contributed by atoms with E-state index in [4.69, 9.17) is 10.8 Å². The molecule has 156 valence electrons. The summed E-state index contributed by atoms with van der Waals surface area (Å²) < 4.78 is 1.12. The lowest BCUT2D eigenvalue weighted by molar-refractivity contribution is -0.870. The molecule has 0 fully saturated rings. The summed E-state index contributed by atoms with van der Waals surface area (Å²) in [5, 5.41) is 7.75. The molecule has 25 heavy (non-hydrogen) atoms.